The summed E-state index contributed by atoms with van der Waals surface area (Å²) in [5.41, 5.74) is 1.34. The third-order valence-corrected chi connectivity index (χ3v) is 4.71. The van der Waals surface area contributed by atoms with Gasteiger partial charge in [0.2, 0.25) is 0 Å². The molecule has 1 aromatic heterocycles. The number of carbonyl (C=O) groups is 1. The van der Waals surface area contributed by atoms with Gasteiger partial charge < -0.3 is 14.9 Å². The summed E-state index contributed by atoms with van der Waals surface area (Å²) in [6.45, 7) is 5.38. The molecule has 0 bridgehead atoms. The number of aliphatic hydroxyl groups excluding tert-OH is 1. The van der Waals surface area contributed by atoms with Gasteiger partial charge in [0.05, 0.1) is 11.3 Å². The van der Waals surface area contributed by atoms with E-state index in [4.69, 9.17) is 5.11 Å². The van der Waals surface area contributed by atoms with Crippen LogP contribution in [-0.4, -0.2) is 70.6 Å². The van der Waals surface area contributed by atoms with Gasteiger partial charge in [0.25, 0.3) is 5.91 Å². The van der Waals surface area contributed by atoms with Gasteiger partial charge in [0, 0.05) is 31.9 Å². The number of piperidine rings is 1. The summed E-state index contributed by atoms with van der Waals surface area (Å²) in [5, 5.41) is 9.13. The second-order valence-electron chi connectivity index (χ2n) is 6.61. The highest BCUT2D eigenvalue weighted by Gasteiger charge is 2.33. The number of carbonyl (C=O) groups excluding carboxylic acids is 1. The van der Waals surface area contributed by atoms with Crippen molar-refractivity contribution in [2.75, 3.05) is 33.8 Å². The lowest BCUT2D eigenvalue weighted by molar-refractivity contribution is 0.0494. The first kappa shape index (κ1) is 17.8. The summed E-state index contributed by atoms with van der Waals surface area (Å²) in [6, 6.07) is 0.459. The van der Waals surface area contributed by atoms with Crippen molar-refractivity contribution in [1.82, 2.24) is 19.8 Å². The second-order valence-corrected chi connectivity index (χ2v) is 6.61. The fourth-order valence-electron chi connectivity index (χ4n) is 3.48. The minimum absolute atomic E-state index is 0.0219. The van der Waals surface area contributed by atoms with Crippen molar-refractivity contribution in [1.29, 1.82) is 0 Å². The van der Waals surface area contributed by atoms with Crippen molar-refractivity contribution in [3.8, 4) is 0 Å². The molecular weight excluding hydrogens is 292 g/mol. The molecule has 0 radical (unpaired) electrons. The van der Waals surface area contributed by atoms with Gasteiger partial charge in [-0.25, -0.2) is 9.97 Å². The molecule has 1 N–H and O–H groups in total. The van der Waals surface area contributed by atoms with E-state index in [0.717, 1.165) is 38.0 Å². The van der Waals surface area contributed by atoms with Crippen LogP contribution in [0.5, 0.6) is 0 Å². The standard InChI is InChI=1S/C17H28N4O2/c1-12-15(10-18-13(2)19-12)17(23)21-8-7-16(20(3)4)14(11-21)6-5-9-22/h10,14,16,22H,5-9,11H2,1-4H3/t14-,16+/m0/s1. The molecule has 0 aliphatic carbocycles. The van der Waals surface area contributed by atoms with Crippen LogP contribution in [0.4, 0.5) is 0 Å². The van der Waals surface area contributed by atoms with Gasteiger partial charge in [-0.1, -0.05) is 0 Å². The first-order chi connectivity index (χ1) is 10.9. The summed E-state index contributed by atoms with van der Waals surface area (Å²) >= 11 is 0. The summed E-state index contributed by atoms with van der Waals surface area (Å²) in [6.07, 6.45) is 4.32. The summed E-state index contributed by atoms with van der Waals surface area (Å²) in [5.74, 6) is 1.10. The monoisotopic (exact) mass is 320 g/mol. The zero-order chi connectivity index (χ0) is 17.0. The molecule has 23 heavy (non-hydrogen) atoms. The molecule has 2 atom stereocenters. The molecule has 1 amide bonds. The smallest absolute Gasteiger partial charge is 0.257 e. The van der Waals surface area contributed by atoms with E-state index in [-0.39, 0.29) is 12.5 Å². The lowest BCUT2D eigenvalue weighted by Gasteiger charge is -2.41. The number of rotatable bonds is 5. The number of hydrogen-bond donors (Lipinski definition) is 1. The fourth-order valence-corrected chi connectivity index (χ4v) is 3.48. The Morgan fingerprint density at radius 1 is 1.43 bits per heavy atom. The van der Waals surface area contributed by atoms with Gasteiger partial charge in [-0.2, -0.15) is 0 Å². The normalized spacial score (nSPS) is 21.7. The van der Waals surface area contributed by atoms with Gasteiger partial charge in [0.1, 0.15) is 5.82 Å². The number of likely N-dealkylation sites (tertiary alicyclic amines) is 1. The van der Waals surface area contributed by atoms with Crippen molar-refractivity contribution < 1.29 is 9.90 Å². The Hall–Kier alpha value is -1.53. The molecule has 6 nitrogen and oxygen atoms in total. The van der Waals surface area contributed by atoms with E-state index >= 15 is 0 Å². The summed E-state index contributed by atoms with van der Waals surface area (Å²) in [4.78, 5) is 25.4. The molecule has 0 spiro atoms. The molecule has 1 aliphatic heterocycles. The van der Waals surface area contributed by atoms with Crippen LogP contribution in [0.1, 0.15) is 41.1 Å². The van der Waals surface area contributed by atoms with Crippen LogP contribution in [0.3, 0.4) is 0 Å². The Labute approximate surface area is 138 Å². The molecule has 0 unspecified atom stereocenters. The van der Waals surface area contributed by atoms with Gasteiger partial charge in [0.15, 0.2) is 0 Å². The molecule has 2 rings (SSSR count). The van der Waals surface area contributed by atoms with E-state index in [9.17, 15) is 4.79 Å². The maximum Gasteiger partial charge on any atom is 0.257 e. The molecule has 6 heteroatoms. The van der Waals surface area contributed by atoms with Crippen LogP contribution in [0.15, 0.2) is 6.20 Å². The lowest BCUT2D eigenvalue weighted by Crippen LogP contribution is -2.50. The number of aryl methyl sites for hydroxylation is 2. The van der Waals surface area contributed by atoms with Crippen molar-refractivity contribution in [2.24, 2.45) is 5.92 Å². The van der Waals surface area contributed by atoms with Crippen molar-refractivity contribution in [3.05, 3.63) is 23.3 Å². The molecule has 0 aromatic carbocycles. The van der Waals surface area contributed by atoms with E-state index in [0.29, 0.717) is 23.3 Å². The Balaban J connectivity index is 2.12. The molecule has 2 heterocycles. The molecule has 128 valence electrons. The SMILES string of the molecule is Cc1ncc(C(=O)N2CC[C@@H](N(C)C)[C@@H](CCCO)C2)c(C)n1. The topological polar surface area (TPSA) is 69.6 Å². The van der Waals surface area contributed by atoms with Gasteiger partial charge >= 0.3 is 0 Å². The number of hydrogen-bond acceptors (Lipinski definition) is 5. The number of aliphatic hydroxyl groups is 1. The maximum atomic E-state index is 12.8. The Morgan fingerprint density at radius 2 is 2.17 bits per heavy atom. The van der Waals surface area contributed by atoms with Crippen LogP contribution in [0.2, 0.25) is 0 Å². The zero-order valence-corrected chi connectivity index (χ0v) is 14.6. The fraction of sp³-hybridized carbons (Fsp3) is 0.706. The quantitative estimate of drug-likeness (QED) is 0.884. The van der Waals surface area contributed by atoms with Crippen LogP contribution in [0, 0.1) is 19.8 Å². The third-order valence-electron chi connectivity index (χ3n) is 4.71. The lowest BCUT2D eigenvalue weighted by atomic mass is 9.87. The average molecular weight is 320 g/mol. The van der Waals surface area contributed by atoms with Crippen LogP contribution in [-0.2, 0) is 0 Å². The predicted octanol–water partition coefficient (Wildman–Crippen LogP) is 1.26. The minimum atomic E-state index is 0.0219. The largest absolute Gasteiger partial charge is 0.396 e. The van der Waals surface area contributed by atoms with Crippen LogP contribution in [0.25, 0.3) is 0 Å². The first-order valence-electron chi connectivity index (χ1n) is 8.30. The minimum Gasteiger partial charge on any atom is -0.396 e. The molecule has 1 fully saturated rings. The van der Waals surface area contributed by atoms with Gasteiger partial charge in [-0.05, 0) is 53.1 Å². The van der Waals surface area contributed by atoms with E-state index in [1.807, 2.05) is 18.7 Å². The first-order valence-corrected chi connectivity index (χ1v) is 8.30. The highest BCUT2D eigenvalue weighted by molar-refractivity contribution is 5.95. The zero-order valence-electron chi connectivity index (χ0n) is 14.6. The third kappa shape index (κ3) is 4.26. The van der Waals surface area contributed by atoms with E-state index in [1.54, 1.807) is 6.20 Å². The number of aromatic nitrogens is 2. The summed E-state index contributed by atoms with van der Waals surface area (Å²) in [7, 11) is 4.18. The van der Waals surface area contributed by atoms with Gasteiger partial charge in [-0.15, -0.1) is 0 Å². The Bertz CT molecular complexity index is 547. The van der Waals surface area contributed by atoms with Gasteiger partial charge in [-0.3, -0.25) is 4.79 Å². The second kappa shape index (κ2) is 7.84. The molecule has 1 aliphatic rings. The van der Waals surface area contributed by atoms with Crippen molar-refractivity contribution in [3.63, 3.8) is 0 Å². The van der Waals surface area contributed by atoms with Crippen LogP contribution >= 0.6 is 0 Å². The molecule has 1 aromatic rings. The number of amides is 1. The molecule has 0 saturated carbocycles. The Kier molecular flexibility index (Phi) is 6.07. The number of nitrogens with zero attached hydrogens (tertiary/aromatic N) is 4. The summed E-state index contributed by atoms with van der Waals surface area (Å²) < 4.78 is 0. The average Bonchev–Trinajstić information content (AvgIpc) is 2.51. The van der Waals surface area contributed by atoms with E-state index in [1.165, 1.54) is 0 Å². The highest BCUT2D eigenvalue weighted by Crippen LogP contribution is 2.26. The van der Waals surface area contributed by atoms with Crippen molar-refractivity contribution in [2.45, 2.75) is 39.2 Å². The molecule has 1 saturated heterocycles. The predicted molar refractivity (Wildman–Crippen MR) is 89.3 cm³/mol. The highest BCUT2D eigenvalue weighted by atomic mass is 16.3. The Morgan fingerprint density at radius 3 is 2.78 bits per heavy atom. The van der Waals surface area contributed by atoms with E-state index < -0.39 is 0 Å². The van der Waals surface area contributed by atoms with Crippen molar-refractivity contribution >= 4 is 5.91 Å². The van der Waals surface area contributed by atoms with Crippen LogP contribution < -0.4 is 0 Å². The maximum absolute atomic E-state index is 12.8. The molecular formula is C17H28N4O2. The van der Waals surface area contributed by atoms with E-state index in [2.05, 4.69) is 29.0 Å².